The van der Waals surface area contributed by atoms with Crippen molar-refractivity contribution in [2.45, 2.75) is 32.4 Å². The molecule has 25 heavy (non-hydrogen) atoms. The molecule has 2 amide bonds. The lowest BCUT2D eigenvalue weighted by Gasteiger charge is -2.15. The Morgan fingerprint density at radius 3 is 2.80 bits per heavy atom. The van der Waals surface area contributed by atoms with E-state index in [0.29, 0.717) is 18.8 Å². The Morgan fingerprint density at radius 2 is 2.08 bits per heavy atom. The molecule has 3 N–H and O–H groups in total. The van der Waals surface area contributed by atoms with Crippen molar-refractivity contribution < 1.29 is 9.90 Å². The summed E-state index contributed by atoms with van der Waals surface area (Å²) in [5, 5.41) is 19.7. The van der Waals surface area contributed by atoms with Crippen LogP contribution in [0.2, 0.25) is 0 Å². The topological polar surface area (TPSA) is 82.4 Å². The van der Waals surface area contributed by atoms with Crippen LogP contribution in [-0.2, 0) is 13.0 Å². The summed E-state index contributed by atoms with van der Waals surface area (Å²) in [5.74, 6) is 0. The number of amides is 2. The van der Waals surface area contributed by atoms with Gasteiger partial charge in [-0.2, -0.15) is 5.10 Å². The fourth-order valence-corrected chi connectivity index (χ4v) is 2.64. The monoisotopic (exact) mass is 345 g/mol. The van der Waals surface area contributed by atoms with Gasteiger partial charge in [0.2, 0.25) is 0 Å². The van der Waals surface area contributed by atoms with Crippen LogP contribution in [0, 0.1) is 0 Å². The molecule has 1 aromatic carbocycles. The number of anilines is 2. The second-order valence-electron chi connectivity index (χ2n) is 6.35. The number of carbonyl (C=O) groups is 1. The standard InChI is InChI=1S/C18H27N5O2/c1-4-7-14-8-5-6-9-17(14)21-18(25)20-15-10-19-23(11-15)13-16(24)12-22(2)3/h5-6,8-11,16,24H,4,7,12-13H2,1-3H3,(H2,20,21,25). The van der Waals surface area contributed by atoms with Crippen LogP contribution in [0.4, 0.5) is 16.2 Å². The van der Waals surface area contributed by atoms with Crippen LogP contribution < -0.4 is 10.6 Å². The molecule has 2 rings (SSSR count). The fourth-order valence-electron chi connectivity index (χ4n) is 2.64. The van der Waals surface area contributed by atoms with Gasteiger partial charge in [-0.25, -0.2) is 4.79 Å². The maximum atomic E-state index is 12.2. The first-order chi connectivity index (χ1) is 12.0. The molecule has 136 valence electrons. The summed E-state index contributed by atoms with van der Waals surface area (Å²) in [4.78, 5) is 14.1. The molecule has 0 aliphatic rings. The average molecular weight is 345 g/mol. The minimum Gasteiger partial charge on any atom is -0.390 e. The van der Waals surface area contributed by atoms with Crippen LogP contribution in [-0.4, -0.2) is 52.6 Å². The van der Waals surface area contributed by atoms with E-state index >= 15 is 0 Å². The van der Waals surface area contributed by atoms with Crippen molar-refractivity contribution >= 4 is 17.4 Å². The third-order valence-corrected chi connectivity index (χ3v) is 3.65. The van der Waals surface area contributed by atoms with E-state index in [2.05, 4.69) is 22.7 Å². The van der Waals surface area contributed by atoms with Crippen molar-refractivity contribution in [2.75, 3.05) is 31.3 Å². The highest BCUT2D eigenvalue weighted by atomic mass is 16.3. The number of nitrogens with one attached hydrogen (secondary N) is 2. The van der Waals surface area contributed by atoms with Crippen molar-refractivity contribution in [3.63, 3.8) is 0 Å². The smallest absolute Gasteiger partial charge is 0.323 e. The van der Waals surface area contributed by atoms with Gasteiger partial charge in [0.25, 0.3) is 0 Å². The molecule has 1 unspecified atom stereocenters. The molecule has 2 aromatic rings. The van der Waals surface area contributed by atoms with E-state index in [9.17, 15) is 9.90 Å². The number of urea groups is 1. The Balaban J connectivity index is 1.91. The first kappa shape index (κ1) is 19.0. The molecular formula is C18H27N5O2. The van der Waals surface area contributed by atoms with E-state index < -0.39 is 6.10 Å². The molecule has 0 radical (unpaired) electrons. The third kappa shape index (κ3) is 6.21. The summed E-state index contributed by atoms with van der Waals surface area (Å²) in [5.41, 5.74) is 2.51. The number of para-hydroxylation sites is 1. The SMILES string of the molecule is CCCc1ccccc1NC(=O)Nc1cnn(CC(O)CN(C)C)c1. The average Bonchev–Trinajstić information content (AvgIpc) is 2.95. The van der Waals surface area contributed by atoms with Crippen LogP contribution >= 0.6 is 0 Å². The largest absolute Gasteiger partial charge is 0.390 e. The van der Waals surface area contributed by atoms with Crippen molar-refractivity contribution in [3.05, 3.63) is 42.2 Å². The van der Waals surface area contributed by atoms with Gasteiger partial charge in [0.05, 0.1) is 24.5 Å². The van der Waals surface area contributed by atoms with Gasteiger partial charge in [-0.1, -0.05) is 31.5 Å². The second kappa shape index (κ2) is 9.19. The molecular weight excluding hydrogens is 318 g/mol. The number of likely N-dealkylation sites (N-methyl/N-ethyl adjacent to an activating group) is 1. The summed E-state index contributed by atoms with van der Waals surface area (Å²) in [6.45, 7) is 3.04. The lowest BCUT2D eigenvalue weighted by molar-refractivity contribution is 0.116. The van der Waals surface area contributed by atoms with Gasteiger partial charge in [0.1, 0.15) is 0 Å². The Labute approximate surface area is 148 Å². The number of carbonyl (C=O) groups excluding carboxylic acids is 1. The highest BCUT2D eigenvalue weighted by Crippen LogP contribution is 2.17. The molecule has 0 bridgehead atoms. The lowest BCUT2D eigenvalue weighted by Crippen LogP contribution is -2.29. The number of hydrogen-bond donors (Lipinski definition) is 3. The first-order valence-electron chi connectivity index (χ1n) is 8.49. The number of hydrogen-bond acceptors (Lipinski definition) is 4. The number of nitrogens with zero attached hydrogens (tertiary/aromatic N) is 3. The number of benzene rings is 1. The van der Waals surface area contributed by atoms with E-state index in [1.165, 1.54) is 0 Å². The number of aryl methyl sites for hydroxylation is 1. The number of rotatable bonds is 8. The van der Waals surface area contributed by atoms with Gasteiger partial charge >= 0.3 is 6.03 Å². The van der Waals surface area contributed by atoms with Gasteiger partial charge < -0.3 is 20.6 Å². The zero-order valence-electron chi connectivity index (χ0n) is 15.1. The van der Waals surface area contributed by atoms with Gasteiger partial charge in [-0.05, 0) is 32.1 Å². The van der Waals surface area contributed by atoms with Gasteiger partial charge in [0, 0.05) is 18.4 Å². The first-order valence-corrected chi connectivity index (χ1v) is 8.49. The van der Waals surface area contributed by atoms with Crippen molar-refractivity contribution in [1.82, 2.24) is 14.7 Å². The van der Waals surface area contributed by atoms with E-state index in [4.69, 9.17) is 0 Å². The van der Waals surface area contributed by atoms with E-state index in [1.807, 2.05) is 43.3 Å². The fraction of sp³-hybridized carbons (Fsp3) is 0.444. The molecule has 7 nitrogen and oxygen atoms in total. The highest BCUT2D eigenvalue weighted by Gasteiger charge is 2.10. The van der Waals surface area contributed by atoms with Crippen molar-refractivity contribution in [1.29, 1.82) is 0 Å². The van der Waals surface area contributed by atoms with Gasteiger partial charge in [-0.3, -0.25) is 4.68 Å². The van der Waals surface area contributed by atoms with Crippen LogP contribution in [0.1, 0.15) is 18.9 Å². The predicted octanol–water partition coefficient (Wildman–Crippen LogP) is 2.40. The zero-order valence-corrected chi connectivity index (χ0v) is 15.1. The Hall–Kier alpha value is -2.38. The van der Waals surface area contributed by atoms with Gasteiger partial charge in [0.15, 0.2) is 0 Å². The maximum Gasteiger partial charge on any atom is 0.323 e. The number of aliphatic hydroxyl groups is 1. The third-order valence-electron chi connectivity index (χ3n) is 3.65. The molecule has 0 aliphatic carbocycles. The van der Waals surface area contributed by atoms with Gasteiger partial charge in [-0.15, -0.1) is 0 Å². The van der Waals surface area contributed by atoms with E-state index in [0.717, 1.165) is 24.1 Å². The molecule has 0 saturated carbocycles. The molecule has 0 fully saturated rings. The molecule has 0 saturated heterocycles. The van der Waals surface area contributed by atoms with E-state index in [1.54, 1.807) is 17.1 Å². The van der Waals surface area contributed by atoms with Crippen LogP contribution in [0.15, 0.2) is 36.7 Å². The molecule has 7 heteroatoms. The molecule has 1 aromatic heterocycles. The summed E-state index contributed by atoms with van der Waals surface area (Å²) in [6, 6.07) is 7.47. The summed E-state index contributed by atoms with van der Waals surface area (Å²) in [6.07, 6.45) is 4.69. The Bertz CT molecular complexity index is 684. The quantitative estimate of drug-likeness (QED) is 0.686. The van der Waals surface area contributed by atoms with Crippen LogP contribution in [0.25, 0.3) is 0 Å². The molecule has 1 heterocycles. The summed E-state index contributed by atoms with van der Waals surface area (Å²) >= 11 is 0. The molecule has 1 atom stereocenters. The normalized spacial score (nSPS) is 12.2. The number of aromatic nitrogens is 2. The molecule has 0 aliphatic heterocycles. The zero-order chi connectivity index (χ0) is 18.2. The minimum absolute atomic E-state index is 0.308. The van der Waals surface area contributed by atoms with Crippen LogP contribution in [0.5, 0.6) is 0 Å². The van der Waals surface area contributed by atoms with Crippen molar-refractivity contribution in [3.8, 4) is 0 Å². The Morgan fingerprint density at radius 1 is 1.32 bits per heavy atom. The van der Waals surface area contributed by atoms with E-state index in [-0.39, 0.29) is 6.03 Å². The van der Waals surface area contributed by atoms with Crippen LogP contribution in [0.3, 0.4) is 0 Å². The highest BCUT2D eigenvalue weighted by molar-refractivity contribution is 6.00. The minimum atomic E-state index is -0.516. The second-order valence-corrected chi connectivity index (χ2v) is 6.35. The summed E-state index contributed by atoms with van der Waals surface area (Å²) < 4.78 is 1.62. The number of aliphatic hydroxyl groups excluding tert-OH is 1. The van der Waals surface area contributed by atoms with Crippen molar-refractivity contribution in [2.24, 2.45) is 0 Å². The summed E-state index contributed by atoms with van der Waals surface area (Å²) in [7, 11) is 3.81. The Kier molecular flexibility index (Phi) is 6.97. The molecule has 0 spiro atoms. The predicted molar refractivity (Wildman–Crippen MR) is 99.9 cm³/mol. The maximum absolute atomic E-state index is 12.2. The lowest BCUT2D eigenvalue weighted by atomic mass is 10.1.